The summed E-state index contributed by atoms with van der Waals surface area (Å²) in [4.78, 5) is 26.9. The highest BCUT2D eigenvalue weighted by Crippen LogP contribution is 2.40. The highest BCUT2D eigenvalue weighted by atomic mass is 16.6. The summed E-state index contributed by atoms with van der Waals surface area (Å²) in [5.74, 6) is 0.522. The monoisotopic (exact) mass is 323 g/mol. The molecule has 4 nitrogen and oxygen atoms in total. The quantitative estimate of drug-likeness (QED) is 0.765. The van der Waals surface area contributed by atoms with Crippen molar-refractivity contribution in [2.24, 2.45) is 11.3 Å². The number of hydrogen-bond acceptors (Lipinski definition) is 3. The van der Waals surface area contributed by atoms with Crippen LogP contribution in [0.15, 0.2) is 0 Å². The molecule has 2 aliphatic rings. The van der Waals surface area contributed by atoms with Crippen LogP contribution >= 0.6 is 0 Å². The van der Waals surface area contributed by atoms with Gasteiger partial charge in [-0.15, -0.1) is 0 Å². The molecule has 0 aromatic rings. The molecular weight excluding hydrogens is 290 g/mol. The number of ketones is 1. The van der Waals surface area contributed by atoms with E-state index in [0.717, 1.165) is 32.1 Å². The molecule has 2 saturated heterocycles. The topological polar surface area (TPSA) is 46.6 Å². The van der Waals surface area contributed by atoms with Crippen molar-refractivity contribution in [2.45, 2.75) is 97.8 Å². The maximum atomic E-state index is 12.5. The van der Waals surface area contributed by atoms with Gasteiger partial charge in [0.15, 0.2) is 0 Å². The van der Waals surface area contributed by atoms with Crippen molar-refractivity contribution < 1.29 is 14.3 Å². The number of nitrogens with zero attached hydrogens (tertiary/aromatic N) is 1. The molecule has 0 aromatic carbocycles. The first-order chi connectivity index (χ1) is 10.5. The number of fused-ring (bicyclic) bond motifs is 2. The first-order valence-corrected chi connectivity index (χ1v) is 9.00. The Bertz CT molecular complexity index is 444. The standard InChI is InChI=1S/C19H33NO3/c1-18(2,3)10-9-16(21)13-11-14-7-8-15(12-13)20(14)17(22)23-19(4,5)6/h13-15H,7-12H2,1-6H3. The Morgan fingerprint density at radius 2 is 1.52 bits per heavy atom. The molecule has 2 bridgehead atoms. The first-order valence-electron chi connectivity index (χ1n) is 9.00. The summed E-state index contributed by atoms with van der Waals surface area (Å²) in [6.07, 6.45) is 5.05. The van der Waals surface area contributed by atoms with Crippen molar-refractivity contribution in [1.29, 1.82) is 0 Å². The average Bonchev–Trinajstić information content (AvgIpc) is 2.64. The zero-order valence-corrected chi connectivity index (χ0v) is 15.6. The molecule has 0 aromatic heterocycles. The Hall–Kier alpha value is -1.06. The van der Waals surface area contributed by atoms with Gasteiger partial charge in [0, 0.05) is 24.4 Å². The third-order valence-electron chi connectivity index (χ3n) is 4.91. The number of carbonyl (C=O) groups excluding carboxylic acids is 2. The second-order valence-electron chi connectivity index (χ2n) is 9.47. The van der Waals surface area contributed by atoms with Gasteiger partial charge in [-0.2, -0.15) is 0 Å². The van der Waals surface area contributed by atoms with Crippen LogP contribution in [0.3, 0.4) is 0 Å². The lowest BCUT2D eigenvalue weighted by atomic mass is 9.82. The molecule has 2 atom stereocenters. The van der Waals surface area contributed by atoms with E-state index in [2.05, 4.69) is 20.8 Å². The SMILES string of the molecule is CC(C)(C)CCC(=O)C1CC2CCC(C1)N2C(=O)OC(C)(C)C. The predicted octanol–water partition coefficient (Wildman–Crippen LogP) is 4.56. The molecule has 2 heterocycles. The van der Waals surface area contributed by atoms with Gasteiger partial charge in [-0.05, 0) is 58.3 Å². The van der Waals surface area contributed by atoms with Crippen molar-refractivity contribution in [1.82, 2.24) is 4.90 Å². The minimum absolute atomic E-state index is 0.133. The fourth-order valence-electron chi connectivity index (χ4n) is 3.75. The van der Waals surface area contributed by atoms with Gasteiger partial charge in [-0.1, -0.05) is 20.8 Å². The number of carbonyl (C=O) groups is 2. The van der Waals surface area contributed by atoms with Crippen LogP contribution < -0.4 is 0 Å². The minimum atomic E-state index is -0.462. The lowest BCUT2D eigenvalue weighted by Crippen LogP contribution is -2.49. The lowest BCUT2D eigenvalue weighted by molar-refractivity contribution is -0.125. The van der Waals surface area contributed by atoms with Gasteiger partial charge in [-0.3, -0.25) is 4.79 Å². The van der Waals surface area contributed by atoms with Crippen LogP contribution in [0.2, 0.25) is 0 Å². The zero-order chi connectivity index (χ0) is 17.4. The highest BCUT2D eigenvalue weighted by molar-refractivity contribution is 5.81. The summed E-state index contributed by atoms with van der Waals surface area (Å²) in [6, 6.07) is 0.374. The number of piperidine rings is 1. The van der Waals surface area contributed by atoms with Gasteiger partial charge in [0.1, 0.15) is 11.4 Å². The van der Waals surface area contributed by atoms with Crippen LogP contribution in [-0.2, 0) is 9.53 Å². The minimum Gasteiger partial charge on any atom is -0.444 e. The summed E-state index contributed by atoms with van der Waals surface area (Å²) >= 11 is 0. The van der Waals surface area contributed by atoms with Gasteiger partial charge in [0.05, 0.1) is 0 Å². The summed E-state index contributed by atoms with van der Waals surface area (Å²) in [6.45, 7) is 12.2. The molecule has 1 amide bonds. The molecule has 0 saturated carbocycles. The Morgan fingerprint density at radius 3 is 1.96 bits per heavy atom. The molecular formula is C19H33NO3. The second kappa shape index (κ2) is 6.45. The zero-order valence-electron chi connectivity index (χ0n) is 15.6. The molecule has 2 aliphatic heterocycles. The molecule has 0 aliphatic carbocycles. The smallest absolute Gasteiger partial charge is 0.410 e. The molecule has 132 valence electrons. The van der Waals surface area contributed by atoms with Crippen molar-refractivity contribution in [2.75, 3.05) is 0 Å². The van der Waals surface area contributed by atoms with E-state index < -0.39 is 5.60 Å². The number of ether oxygens (including phenoxy) is 1. The van der Waals surface area contributed by atoms with E-state index in [1.807, 2.05) is 25.7 Å². The molecule has 23 heavy (non-hydrogen) atoms. The molecule has 0 spiro atoms. The molecule has 2 rings (SSSR count). The molecule has 4 heteroatoms. The Morgan fingerprint density at radius 1 is 1.00 bits per heavy atom. The largest absolute Gasteiger partial charge is 0.444 e. The Kier molecular flexibility index (Phi) is 5.12. The number of amides is 1. The average molecular weight is 323 g/mol. The summed E-state index contributed by atoms with van der Waals surface area (Å²) in [5, 5.41) is 0. The van der Waals surface area contributed by atoms with E-state index >= 15 is 0 Å². The Labute approximate surface area is 140 Å². The van der Waals surface area contributed by atoms with Crippen molar-refractivity contribution in [3.05, 3.63) is 0 Å². The summed E-state index contributed by atoms with van der Waals surface area (Å²) < 4.78 is 5.55. The van der Waals surface area contributed by atoms with Crippen LogP contribution in [-0.4, -0.2) is 34.5 Å². The van der Waals surface area contributed by atoms with E-state index in [1.165, 1.54) is 0 Å². The number of hydrogen-bond donors (Lipinski definition) is 0. The van der Waals surface area contributed by atoms with Gasteiger partial charge in [0.25, 0.3) is 0 Å². The fraction of sp³-hybridized carbons (Fsp3) is 0.895. The molecule has 2 fully saturated rings. The van der Waals surface area contributed by atoms with Crippen molar-refractivity contribution in [3.63, 3.8) is 0 Å². The normalized spacial score (nSPS) is 27.9. The van der Waals surface area contributed by atoms with Crippen molar-refractivity contribution in [3.8, 4) is 0 Å². The van der Waals surface area contributed by atoms with Gasteiger partial charge < -0.3 is 9.64 Å². The molecule has 2 unspecified atom stereocenters. The third kappa shape index (κ3) is 4.95. The summed E-state index contributed by atoms with van der Waals surface area (Å²) in [5.41, 5.74) is -0.262. The number of Topliss-reactive ketones (excluding diaryl/α,β-unsaturated/α-hetero) is 1. The van der Waals surface area contributed by atoms with Gasteiger partial charge in [-0.25, -0.2) is 4.79 Å². The predicted molar refractivity (Wildman–Crippen MR) is 91.3 cm³/mol. The van der Waals surface area contributed by atoms with Crippen LogP contribution in [0.25, 0.3) is 0 Å². The number of rotatable bonds is 3. The van der Waals surface area contributed by atoms with E-state index in [4.69, 9.17) is 4.74 Å². The highest BCUT2D eigenvalue weighted by Gasteiger charge is 2.46. The van der Waals surface area contributed by atoms with Crippen LogP contribution in [0.1, 0.15) is 80.1 Å². The second-order valence-corrected chi connectivity index (χ2v) is 9.47. The fourth-order valence-corrected chi connectivity index (χ4v) is 3.75. The van der Waals surface area contributed by atoms with E-state index in [-0.39, 0.29) is 29.5 Å². The maximum absolute atomic E-state index is 12.5. The van der Waals surface area contributed by atoms with Gasteiger partial charge >= 0.3 is 6.09 Å². The van der Waals surface area contributed by atoms with Crippen LogP contribution in [0.5, 0.6) is 0 Å². The van der Waals surface area contributed by atoms with Crippen LogP contribution in [0, 0.1) is 11.3 Å². The van der Waals surface area contributed by atoms with E-state index in [0.29, 0.717) is 12.2 Å². The van der Waals surface area contributed by atoms with Gasteiger partial charge in [0.2, 0.25) is 0 Å². The Balaban J connectivity index is 1.94. The molecule has 0 N–H and O–H groups in total. The summed E-state index contributed by atoms with van der Waals surface area (Å²) in [7, 11) is 0. The van der Waals surface area contributed by atoms with Crippen LogP contribution in [0.4, 0.5) is 4.79 Å². The van der Waals surface area contributed by atoms with E-state index in [9.17, 15) is 9.59 Å². The third-order valence-corrected chi connectivity index (χ3v) is 4.91. The molecule has 0 radical (unpaired) electrons. The van der Waals surface area contributed by atoms with Crippen molar-refractivity contribution >= 4 is 11.9 Å². The maximum Gasteiger partial charge on any atom is 0.410 e. The lowest BCUT2D eigenvalue weighted by Gasteiger charge is -2.39. The van der Waals surface area contributed by atoms with E-state index in [1.54, 1.807) is 0 Å². The first kappa shape index (κ1) is 18.3.